The van der Waals surface area contributed by atoms with Gasteiger partial charge in [0.2, 0.25) is 0 Å². The van der Waals surface area contributed by atoms with Gasteiger partial charge in [-0.25, -0.2) is 24.1 Å². The van der Waals surface area contributed by atoms with Gasteiger partial charge >= 0.3 is 23.9 Å². The van der Waals surface area contributed by atoms with Crippen LogP contribution in [0.4, 0.5) is 4.53 Å². The molecule has 27 heavy (non-hydrogen) atoms. The second-order valence-corrected chi connectivity index (χ2v) is 5.62. The van der Waals surface area contributed by atoms with Crippen LogP contribution in [0, 0.1) is 0 Å². The number of carboxylic acid groups (broad SMARTS) is 3. The Morgan fingerprint density at radius 1 is 0.667 bits per heavy atom. The topological polar surface area (TPSA) is 138 Å². The number of hydrogen-bond donors (Lipinski definition) is 3. The van der Waals surface area contributed by atoms with Crippen molar-refractivity contribution in [3.8, 4) is 0 Å². The lowest BCUT2D eigenvalue weighted by Gasteiger charge is -2.08. The summed E-state index contributed by atoms with van der Waals surface area (Å²) in [5.41, 5.74) is -0.205. The Labute approximate surface area is 151 Å². The lowest BCUT2D eigenvalue weighted by molar-refractivity contribution is -0.0788. The van der Waals surface area contributed by atoms with Crippen LogP contribution < -0.4 is 0 Å². The van der Waals surface area contributed by atoms with Crippen LogP contribution in [-0.4, -0.2) is 39.2 Å². The molecule has 0 fully saturated rings. The average Bonchev–Trinajstić information content (AvgIpc) is 2.64. The fourth-order valence-corrected chi connectivity index (χ4v) is 2.49. The van der Waals surface area contributed by atoms with Crippen LogP contribution in [0.25, 0.3) is 0 Å². The van der Waals surface area contributed by atoms with Crippen molar-refractivity contribution in [2.24, 2.45) is 0 Å². The van der Waals surface area contributed by atoms with Gasteiger partial charge in [-0.2, -0.15) is 0 Å². The first-order valence-electron chi connectivity index (χ1n) is 7.52. The van der Waals surface area contributed by atoms with Gasteiger partial charge in [0.15, 0.2) is 0 Å². The molecule has 0 aromatic heterocycles. The molecule has 140 valence electrons. The number of halogens is 1. The molecule has 0 unspecified atom stereocenters. The number of aryl methyl sites for hydroxylation is 2. The second kappa shape index (κ2) is 8.09. The largest absolute Gasteiger partial charge is 0.478 e. The second-order valence-electron chi connectivity index (χ2n) is 5.62. The normalized spacial score (nSPS) is 10.3. The summed E-state index contributed by atoms with van der Waals surface area (Å²) in [6, 6.07) is 7.10. The number of benzene rings is 2. The Balaban J connectivity index is 2.34. The molecular weight excluding hydrogens is 363 g/mol. The Bertz CT molecular complexity index is 903. The van der Waals surface area contributed by atoms with E-state index in [2.05, 4.69) is 4.94 Å². The number of carboxylic acids is 3. The molecular formula is C18H13FO8. The Kier molecular flexibility index (Phi) is 5.86. The van der Waals surface area contributed by atoms with Crippen molar-refractivity contribution in [2.45, 2.75) is 12.8 Å². The van der Waals surface area contributed by atoms with E-state index in [1.807, 2.05) is 0 Å². The predicted octanol–water partition coefficient (Wildman–Crippen LogP) is 2.61. The number of aromatic carboxylic acids is 3. The maximum absolute atomic E-state index is 12.1. The van der Waals surface area contributed by atoms with Gasteiger partial charge in [0, 0.05) is 4.53 Å². The third-order valence-electron chi connectivity index (χ3n) is 3.73. The monoisotopic (exact) mass is 376 g/mol. The molecule has 9 heteroatoms. The Morgan fingerprint density at radius 3 is 1.33 bits per heavy atom. The molecule has 0 radical (unpaired) electrons. The molecule has 0 spiro atoms. The van der Waals surface area contributed by atoms with Crippen LogP contribution in [0.5, 0.6) is 0 Å². The number of rotatable bonds is 7. The standard InChI is InChI=1S/C18H13FO8/c19-27-18(26)14-6-10(5-13(8-14)17(24)25)2-1-9-3-11(15(20)21)7-12(4-9)16(22)23/h3-8H,1-2H2,(H,20,21)(H,22,23)(H,24,25). The fraction of sp³-hybridized carbons (Fsp3) is 0.111. The minimum absolute atomic E-state index is 0.149. The maximum Gasteiger partial charge on any atom is 0.379 e. The predicted molar refractivity (Wildman–Crippen MR) is 87.7 cm³/mol. The van der Waals surface area contributed by atoms with Gasteiger partial charge in [0.25, 0.3) is 0 Å². The van der Waals surface area contributed by atoms with Crippen LogP contribution in [0.15, 0.2) is 36.4 Å². The van der Waals surface area contributed by atoms with Crippen LogP contribution >= 0.6 is 0 Å². The summed E-state index contributed by atoms with van der Waals surface area (Å²) in [4.78, 5) is 47.9. The van der Waals surface area contributed by atoms with Crippen LogP contribution in [0.2, 0.25) is 0 Å². The summed E-state index contributed by atoms with van der Waals surface area (Å²) >= 11 is 0. The molecule has 0 saturated heterocycles. The first-order valence-corrected chi connectivity index (χ1v) is 7.52. The lowest BCUT2D eigenvalue weighted by atomic mass is 9.97. The first-order chi connectivity index (χ1) is 12.7. The zero-order chi connectivity index (χ0) is 20.1. The highest BCUT2D eigenvalue weighted by Gasteiger charge is 2.15. The third kappa shape index (κ3) is 4.88. The molecule has 0 aliphatic rings. The maximum atomic E-state index is 12.1. The van der Waals surface area contributed by atoms with Gasteiger partial charge in [-0.1, -0.05) is 0 Å². The van der Waals surface area contributed by atoms with E-state index in [4.69, 9.17) is 15.3 Å². The molecule has 0 amide bonds. The van der Waals surface area contributed by atoms with Gasteiger partial charge in [-0.05, 0) is 60.4 Å². The summed E-state index contributed by atoms with van der Waals surface area (Å²) in [5, 5.41) is 27.2. The molecule has 2 rings (SSSR count). The summed E-state index contributed by atoms with van der Waals surface area (Å²) in [5.74, 6) is -5.26. The quantitative estimate of drug-likeness (QED) is 0.670. The Hall–Kier alpha value is -3.75. The highest BCUT2D eigenvalue weighted by atomic mass is 19.3. The van der Waals surface area contributed by atoms with Crippen molar-refractivity contribution in [3.05, 3.63) is 69.8 Å². The van der Waals surface area contributed by atoms with Gasteiger partial charge in [-0.15, -0.1) is 0 Å². The van der Waals surface area contributed by atoms with E-state index in [0.717, 1.165) is 12.1 Å². The molecule has 0 atom stereocenters. The molecule has 2 aromatic carbocycles. The highest BCUT2D eigenvalue weighted by Crippen LogP contribution is 2.17. The SMILES string of the molecule is O=C(O)c1cc(CCc2cc(C(=O)O)cc(C(=O)OF)c2)cc(C(=O)O)c1. The number of hydrogen-bond acceptors (Lipinski definition) is 5. The van der Waals surface area contributed by atoms with Crippen molar-refractivity contribution >= 4 is 23.9 Å². The minimum atomic E-state index is -1.35. The van der Waals surface area contributed by atoms with E-state index in [9.17, 15) is 23.7 Å². The summed E-state index contributed by atoms with van der Waals surface area (Å²) < 4.78 is 12.1. The highest BCUT2D eigenvalue weighted by molar-refractivity contribution is 5.95. The van der Waals surface area contributed by atoms with Crippen LogP contribution in [-0.2, 0) is 17.8 Å². The Morgan fingerprint density at radius 2 is 1.00 bits per heavy atom. The van der Waals surface area contributed by atoms with Crippen molar-refractivity contribution < 1.29 is 44.0 Å². The van der Waals surface area contributed by atoms with Gasteiger partial charge in [0.05, 0.1) is 22.3 Å². The smallest absolute Gasteiger partial charge is 0.379 e. The fourth-order valence-electron chi connectivity index (χ4n) is 2.49. The molecule has 8 nitrogen and oxygen atoms in total. The van der Waals surface area contributed by atoms with E-state index in [1.54, 1.807) is 0 Å². The van der Waals surface area contributed by atoms with Gasteiger partial charge in [0.1, 0.15) is 0 Å². The summed E-state index contributed by atoms with van der Waals surface area (Å²) in [6.45, 7) is 0. The van der Waals surface area contributed by atoms with E-state index in [0.29, 0.717) is 11.1 Å². The molecule has 2 aromatic rings. The minimum Gasteiger partial charge on any atom is -0.478 e. The van der Waals surface area contributed by atoms with Crippen LogP contribution in [0.1, 0.15) is 52.6 Å². The first kappa shape index (κ1) is 19.6. The molecule has 0 saturated carbocycles. The molecule has 0 aliphatic carbocycles. The molecule has 0 heterocycles. The van der Waals surface area contributed by atoms with E-state index >= 15 is 0 Å². The third-order valence-corrected chi connectivity index (χ3v) is 3.73. The number of carbonyl (C=O) groups is 4. The average molecular weight is 376 g/mol. The van der Waals surface area contributed by atoms with E-state index in [-0.39, 0.29) is 35.1 Å². The lowest BCUT2D eigenvalue weighted by Crippen LogP contribution is -2.07. The zero-order valence-electron chi connectivity index (χ0n) is 13.6. The van der Waals surface area contributed by atoms with E-state index in [1.165, 1.54) is 24.3 Å². The summed E-state index contributed by atoms with van der Waals surface area (Å²) in [6.07, 6.45) is 0.310. The van der Waals surface area contributed by atoms with Crippen molar-refractivity contribution in [3.63, 3.8) is 0 Å². The van der Waals surface area contributed by atoms with Crippen molar-refractivity contribution in [2.75, 3.05) is 0 Å². The zero-order valence-corrected chi connectivity index (χ0v) is 13.6. The number of carbonyl (C=O) groups excluding carboxylic acids is 1. The summed E-state index contributed by atoms with van der Waals surface area (Å²) in [7, 11) is 0. The molecule has 0 aliphatic heterocycles. The molecule has 0 bridgehead atoms. The van der Waals surface area contributed by atoms with Crippen molar-refractivity contribution in [1.82, 2.24) is 0 Å². The van der Waals surface area contributed by atoms with Crippen LogP contribution in [0.3, 0.4) is 0 Å². The van der Waals surface area contributed by atoms with Gasteiger partial charge < -0.3 is 15.3 Å². The molecule has 3 N–H and O–H groups in total. The van der Waals surface area contributed by atoms with Crippen molar-refractivity contribution in [1.29, 1.82) is 0 Å². The van der Waals surface area contributed by atoms with Gasteiger partial charge in [-0.3, -0.25) is 0 Å². The van der Waals surface area contributed by atoms with E-state index < -0.39 is 23.9 Å².